The summed E-state index contributed by atoms with van der Waals surface area (Å²) in [5.74, 6) is -4.35. The zero-order valence-corrected chi connectivity index (χ0v) is 17.4. The monoisotopic (exact) mass is 450 g/mol. The standard InChI is InChI=1S/C21H20F2N2O5S/c1-29-15-6-4-5-14(10-15)25-11-13(9-19(25)27)20(28)30-12-18(26)24-16-7-2-3-8-17(16)31-21(22)23/h2-8,10,13,21H,9,11-12H2,1H3,(H,24,26). The first-order valence-electron chi connectivity index (χ1n) is 9.32. The number of hydrogen-bond acceptors (Lipinski definition) is 6. The van der Waals surface area contributed by atoms with E-state index in [1.807, 2.05) is 0 Å². The van der Waals surface area contributed by atoms with E-state index in [4.69, 9.17) is 9.47 Å². The van der Waals surface area contributed by atoms with Crippen LogP contribution in [0.15, 0.2) is 53.4 Å². The highest BCUT2D eigenvalue weighted by Gasteiger charge is 2.36. The highest BCUT2D eigenvalue weighted by molar-refractivity contribution is 7.99. The number of alkyl halides is 2. The molecule has 2 aromatic carbocycles. The predicted molar refractivity (Wildman–Crippen MR) is 111 cm³/mol. The second-order valence-corrected chi connectivity index (χ2v) is 7.67. The van der Waals surface area contributed by atoms with Crippen LogP contribution in [0.2, 0.25) is 0 Å². The number of anilines is 2. The molecule has 1 N–H and O–H groups in total. The Morgan fingerprint density at radius 1 is 1.23 bits per heavy atom. The van der Waals surface area contributed by atoms with Crippen LogP contribution >= 0.6 is 11.8 Å². The number of ether oxygens (including phenoxy) is 2. The SMILES string of the molecule is COc1cccc(N2CC(C(=O)OCC(=O)Nc3ccccc3SC(F)F)CC2=O)c1. The third-order valence-corrected chi connectivity index (χ3v) is 5.33. The Hall–Kier alpha value is -3.14. The summed E-state index contributed by atoms with van der Waals surface area (Å²) in [6.07, 6.45) is -0.0362. The van der Waals surface area contributed by atoms with Crippen molar-refractivity contribution in [2.45, 2.75) is 17.1 Å². The van der Waals surface area contributed by atoms with Gasteiger partial charge >= 0.3 is 5.97 Å². The first-order valence-corrected chi connectivity index (χ1v) is 10.2. The molecule has 0 aliphatic carbocycles. The second-order valence-electron chi connectivity index (χ2n) is 6.64. The number of carbonyl (C=O) groups excluding carboxylic acids is 3. The lowest BCUT2D eigenvalue weighted by Gasteiger charge is -2.17. The first-order chi connectivity index (χ1) is 14.9. The maximum Gasteiger partial charge on any atom is 0.311 e. The van der Waals surface area contributed by atoms with E-state index in [1.165, 1.54) is 24.1 Å². The number of nitrogens with one attached hydrogen (secondary N) is 1. The fourth-order valence-corrected chi connectivity index (χ4v) is 3.70. The Morgan fingerprint density at radius 2 is 2.00 bits per heavy atom. The number of benzene rings is 2. The number of carbonyl (C=O) groups is 3. The normalized spacial score (nSPS) is 15.8. The quantitative estimate of drug-likeness (QED) is 0.489. The van der Waals surface area contributed by atoms with Crippen molar-refractivity contribution in [3.63, 3.8) is 0 Å². The van der Waals surface area contributed by atoms with Crippen molar-refractivity contribution in [1.82, 2.24) is 0 Å². The Balaban J connectivity index is 1.54. The number of halogens is 2. The zero-order chi connectivity index (χ0) is 22.4. The number of rotatable bonds is 8. The van der Waals surface area contributed by atoms with Gasteiger partial charge in [-0.25, -0.2) is 0 Å². The molecule has 1 saturated heterocycles. The fourth-order valence-electron chi connectivity index (χ4n) is 3.10. The number of esters is 1. The van der Waals surface area contributed by atoms with Gasteiger partial charge in [0.1, 0.15) is 5.75 Å². The summed E-state index contributed by atoms with van der Waals surface area (Å²) < 4.78 is 35.5. The summed E-state index contributed by atoms with van der Waals surface area (Å²) in [5, 5.41) is 2.46. The van der Waals surface area contributed by atoms with Gasteiger partial charge in [0.25, 0.3) is 11.7 Å². The van der Waals surface area contributed by atoms with Crippen LogP contribution < -0.4 is 15.0 Å². The molecule has 2 aromatic rings. The average molecular weight is 450 g/mol. The van der Waals surface area contributed by atoms with Gasteiger partial charge in [-0.2, -0.15) is 8.78 Å². The van der Waals surface area contributed by atoms with Gasteiger partial charge in [0.05, 0.1) is 18.7 Å². The number of nitrogens with zero attached hydrogens (tertiary/aromatic N) is 1. The van der Waals surface area contributed by atoms with Crippen molar-refractivity contribution in [3.05, 3.63) is 48.5 Å². The lowest BCUT2D eigenvalue weighted by molar-refractivity contribution is -0.151. The lowest BCUT2D eigenvalue weighted by Crippen LogP contribution is -2.28. The van der Waals surface area contributed by atoms with Crippen molar-refractivity contribution in [2.75, 3.05) is 30.5 Å². The molecule has 164 valence electrons. The zero-order valence-electron chi connectivity index (χ0n) is 16.5. The Bertz CT molecular complexity index is 972. The number of para-hydroxylation sites is 1. The molecule has 10 heteroatoms. The van der Waals surface area contributed by atoms with Gasteiger partial charge in [-0.3, -0.25) is 14.4 Å². The van der Waals surface area contributed by atoms with E-state index >= 15 is 0 Å². The van der Waals surface area contributed by atoms with Crippen LogP contribution in [-0.2, 0) is 19.1 Å². The van der Waals surface area contributed by atoms with Gasteiger partial charge in [0.2, 0.25) is 5.91 Å². The van der Waals surface area contributed by atoms with Crippen LogP contribution in [0.3, 0.4) is 0 Å². The minimum Gasteiger partial charge on any atom is -0.497 e. The largest absolute Gasteiger partial charge is 0.497 e. The molecule has 0 spiro atoms. The summed E-state index contributed by atoms with van der Waals surface area (Å²) >= 11 is 0.305. The molecular weight excluding hydrogens is 430 g/mol. The van der Waals surface area contributed by atoms with E-state index in [0.717, 1.165) is 0 Å². The summed E-state index contributed by atoms with van der Waals surface area (Å²) in [6, 6.07) is 13.0. The van der Waals surface area contributed by atoms with E-state index in [1.54, 1.807) is 36.4 Å². The van der Waals surface area contributed by atoms with Gasteiger partial charge in [-0.1, -0.05) is 30.0 Å². The number of amides is 2. The van der Waals surface area contributed by atoms with E-state index in [-0.39, 0.29) is 29.5 Å². The summed E-state index contributed by atoms with van der Waals surface area (Å²) in [4.78, 5) is 38.5. The molecule has 1 aliphatic rings. The van der Waals surface area contributed by atoms with Crippen molar-refractivity contribution < 1.29 is 32.6 Å². The molecule has 1 unspecified atom stereocenters. The number of thioether (sulfide) groups is 1. The third-order valence-electron chi connectivity index (χ3n) is 4.55. The van der Waals surface area contributed by atoms with E-state index in [2.05, 4.69) is 5.32 Å². The number of methoxy groups -OCH3 is 1. The Kier molecular flexibility index (Phi) is 7.45. The summed E-state index contributed by atoms with van der Waals surface area (Å²) in [5.41, 5.74) is 0.805. The molecule has 0 bridgehead atoms. The van der Waals surface area contributed by atoms with Crippen LogP contribution in [-0.4, -0.2) is 43.8 Å². The Labute approximate surface area is 181 Å². The van der Waals surface area contributed by atoms with Gasteiger partial charge in [-0.05, 0) is 24.3 Å². The summed E-state index contributed by atoms with van der Waals surface area (Å²) in [6.45, 7) is -0.462. The van der Waals surface area contributed by atoms with Gasteiger partial charge < -0.3 is 19.7 Å². The summed E-state index contributed by atoms with van der Waals surface area (Å²) in [7, 11) is 1.51. The molecular formula is C21H20F2N2O5S. The minimum atomic E-state index is -2.64. The maximum absolute atomic E-state index is 12.6. The van der Waals surface area contributed by atoms with E-state index in [0.29, 0.717) is 23.2 Å². The fraction of sp³-hybridized carbons (Fsp3) is 0.286. The van der Waals surface area contributed by atoms with E-state index < -0.39 is 30.2 Å². The molecule has 0 saturated carbocycles. The van der Waals surface area contributed by atoms with E-state index in [9.17, 15) is 23.2 Å². The lowest BCUT2D eigenvalue weighted by atomic mass is 10.1. The Morgan fingerprint density at radius 3 is 2.74 bits per heavy atom. The van der Waals surface area contributed by atoms with Crippen LogP contribution in [0.1, 0.15) is 6.42 Å². The maximum atomic E-state index is 12.6. The molecule has 3 rings (SSSR count). The van der Waals surface area contributed by atoms with Crippen molar-refractivity contribution in [1.29, 1.82) is 0 Å². The average Bonchev–Trinajstić information content (AvgIpc) is 3.15. The van der Waals surface area contributed by atoms with Crippen molar-refractivity contribution in [3.8, 4) is 5.75 Å². The highest BCUT2D eigenvalue weighted by Crippen LogP contribution is 2.32. The van der Waals surface area contributed by atoms with Crippen molar-refractivity contribution >= 4 is 40.9 Å². The first kappa shape index (κ1) is 22.5. The highest BCUT2D eigenvalue weighted by atomic mass is 32.2. The molecule has 0 aromatic heterocycles. The molecule has 1 fully saturated rings. The number of hydrogen-bond donors (Lipinski definition) is 1. The molecule has 1 aliphatic heterocycles. The van der Waals surface area contributed by atoms with Crippen LogP contribution in [0.4, 0.5) is 20.2 Å². The molecule has 7 nitrogen and oxygen atoms in total. The smallest absolute Gasteiger partial charge is 0.311 e. The molecule has 1 atom stereocenters. The predicted octanol–water partition coefficient (Wildman–Crippen LogP) is 3.54. The molecule has 0 radical (unpaired) electrons. The molecule has 31 heavy (non-hydrogen) atoms. The van der Waals surface area contributed by atoms with Gasteiger partial charge in [0.15, 0.2) is 6.61 Å². The second kappa shape index (κ2) is 10.3. The topological polar surface area (TPSA) is 84.9 Å². The molecule has 2 amide bonds. The van der Waals surface area contributed by atoms with Crippen LogP contribution in [0, 0.1) is 5.92 Å². The molecule has 1 heterocycles. The van der Waals surface area contributed by atoms with Gasteiger partial charge in [0, 0.05) is 29.6 Å². The van der Waals surface area contributed by atoms with Gasteiger partial charge in [-0.15, -0.1) is 0 Å². The third kappa shape index (κ3) is 5.94. The minimum absolute atomic E-state index is 0.0362. The van der Waals surface area contributed by atoms with Crippen LogP contribution in [0.5, 0.6) is 5.75 Å². The van der Waals surface area contributed by atoms with Crippen LogP contribution in [0.25, 0.3) is 0 Å². The van der Waals surface area contributed by atoms with Crippen molar-refractivity contribution in [2.24, 2.45) is 5.92 Å².